The van der Waals surface area contributed by atoms with Crippen molar-refractivity contribution in [1.82, 2.24) is 5.32 Å². The largest absolute Gasteiger partial charge is 0.393 e. The monoisotopic (exact) mass is 244 g/mol. The number of hydrogen-bond acceptors (Lipinski definition) is 3. The maximum atomic E-state index is 12.0. The van der Waals surface area contributed by atoms with Gasteiger partial charge in [0.2, 0.25) is 5.91 Å². The molecule has 16 heavy (non-hydrogen) atoms. The first-order chi connectivity index (χ1) is 7.48. The molecule has 0 aromatic carbocycles. The number of nitrogens with two attached hydrogens (primary N) is 1. The average molecular weight is 244 g/mol. The van der Waals surface area contributed by atoms with Crippen LogP contribution in [0, 0.1) is 5.92 Å². The molecule has 0 aromatic heterocycles. The Morgan fingerprint density at radius 1 is 1.69 bits per heavy atom. The first-order valence-corrected chi connectivity index (χ1v) is 6.08. The van der Waals surface area contributed by atoms with Crippen molar-refractivity contribution in [2.75, 3.05) is 13.2 Å². The van der Waals surface area contributed by atoms with Crippen LogP contribution in [0.15, 0.2) is 0 Å². The SMILES string of the molecule is CCCC(C(=O)NC1(C)CCOC1)C(N)=S. The van der Waals surface area contributed by atoms with Crippen molar-refractivity contribution in [1.29, 1.82) is 0 Å². The average Bonchev–Trinajstić information content (AvgIpc) is 2.60. The number of hydrogen-bond donors (Lipinski definition) is 2. The van der Waals surface area contributed by atoms with Crippen LogP contribution in [0.5, 0.6) is 0 Å². The molecule has 1 heterocycles. The van der Waals surface area contributed by atoms with Gasteiger partial charge >= 0.3 is 0 Å². The summed E-state index contributed by atoms with van der Waals surface area (Å²) in [6.45, 7) is 5.26. The van der Waals surface area contributed by atoms with Crippen LogP contribution in [0.4, 0.5) is 0 Å². The van der Waals surface area contributed by atoms with Crippen LogP contribution < -0.4 is 11.1 Å². The van der Waals surface area contributed by atoms with E-state index in [4.69, 9.17) is 22.7 Å². The molecule has 0 radical (unpaired) electrons. The summed E-state index contributed by atoms with van der Waals surface area (Å²) in [6.07, 6.45) is 2.44. The van der Waals surface area contributed by atoms with E-state index in [9.17, 15) is 4.79 Å². The summed E-state index contributed by atoms with van der Waals surface area (Å²) in [5, 5.41) is 2.99. The van der Waals surface area contributed by atoms with Gasteiger partial charge in [0, 0.05) is 6.61 Å². The zero-order valence-electron chi connectivity index (χ0n) is 9.91. The third-order valence-electron chi connectivity index (χ3n) is 2.88. The molecule has 1 amide bonds. The summed E-state index contributed by atoms with van der Waals surface area (Å²) < 4.78 is 5.28. The predicted octanol–water partition coefficient (Wildman–Crippen LogP) is 0.984. The van der Waals surface area contributed by atoms with Crippen molar-refractivity contribution in [3.63, 3.8) is 0 Å². The Hall–Kier alpha value is -0.680. The van der Waals surface area contributed by atoms with E-state index < -0.39 is 0 Å². The smallest absolute Gasteiger partial charge is 0.230 e. The number of rotatable bonds is 5. The molecule has 1 aliphatic rings. The zero-order valence-corrected chi connectivity index (χ0v) is 10.7. The number of carbonyl (C=O) groups is 1. The van der Waals surface area contributed by atoms with Gasteiger partial charge in [-0.05, 0) is 19.8 Å². The summed E-state index contributed by atoms with van der Waals surface area (Å²) in [6, 6.07) is 0. The Morgan fingerprint density at radius 2 is 2.38 bits per heavy atom. The molecule has 2 unspecified atom stereocenters. The van der Waals surface area contributed by atoms with Gasteiger partial charge in [-0.15, -0.1) is 0 Å². The van der Waals surface area contributed by atoms with Crippen molar-refractivity contribution >= 4 is 23.1 Å². The molecule has 5 heteroatoms. The Bertz CT molecular complexity index is 275. The van der Waals surface area contributed by atoms with E-state index in [1.165, 1.54) is 0 Å². The highest BCUT2D eigenvalue weighted by Crippen LogP contribution is 2.19. The van der Waals surface area contributed by atoms with Crippen LogP contribution in [-0.2, 0) is 9.53 Å². The fraction of sp³-hybridized carbons (Fsp3) is 0.818. The standard InChI is InChI=1S/C11H20N2O2S/c1-3-4-8(9(12)16)10(14)13-11(2)5-6-15-7-11/h8H,3-7H2,1-2H3,(H2,12,16)(H,13,14). The second-order valence-corrected chi connectivity index (χ2v) is 5.07. The van der Waals surface area contributed by atoms with E-state index in [-0.39, 0.29) is 22.4 Å². The molecule has 0 aromatic rings. The van der Waals surface area contributed by atoms with Gasteiger partial charge in [-0.2, -0.15) is 0 Å². The topological polar surface area (TPSA) is 64.3 Å². The summed E-state index contributed by atoms with van der Waals surface area (Å²) in [5.41, 5.74) is 5.32. The fourth-order valence-electron chi connectivity index (χ4n) is 1.84. The van der Waals surface area contributed by atoms with Crippen molar-refractivity contribution in [3.8, 4) is 0 Å². The van der Waals surface area contributed by atoms with Crippen molar-refractivity contribution in [2.24, 2.45) is 11.7 Å². The summed E-state index contributed by atoms with van der Waals surface area (Å²) in [4.78, 5) is 12.3. The van der Waals surface area contributed by atoms with E-state index >= 15 is 0 Å². The molecule has 1 fully saturated rings. The lowest BCUT2D eigenvalue weighted by Crippen LogP contribution is -2.50. The second kappa shape index (κ2) is 5.59. The van der Waals surface area contributed by atoms with Crippen molar-refractivity contribution in [3.05, 3.63) is 0 Å². The Labute approximate surface area is 102 Å². The lowest BCUT2D eigenvalue weighted by atomic mass is 9.97. The normalized spacial score (nSPS) is 26.4. The molecule has 3 N–H and O–H groups in total. The Kier molecular flexibility index (Phi) is 4.68. The van der Waals surface area contributed by atoms with Crippen LogP contribution in [0.1, 0.15) is 33.1 Å². The molecule has 92 valence electrons. The van der Waals surface area contributed by atoms with E-state index in [0.29, 0.717) is 19.6 Å². The number of amides is 1. The number of nitrogens with one attached hydrogen (secondary N) is 1. The number of carbonyl (C=O) groups excluding carboxylic acids is 1. The molecule has 1 aliphatic heterocycles. The van der Waals surface area contributed by atoms with Gasteiger partial charge in [0.15, 0.2) is 0 Å². The zero-order chi connectivity index (χ0) is 12.2. The quantitative estimate of drug-likeness (QED) is 0.708. The molecule has 0 saturated carbocycles. The van der Waals surface area contributed by atoms with Crippen LogP contribution in [0.25, 0.3) is 0 Å². The fourth-order valence-corrected chi connectivity index (χ4v) is 2.07. The van der Waals surface area contributed by atoms with Crippen LogP contribution in [0.3, 0.4) is 0 Å². The molecule has 0 aliphatic carbocycles. The highest BCUT2D eigenvalue weighted by atomic mass is 32.1. The molecule has 1 rings (SSSR count). The van der Waals surface area contributed by atoms with E-state index in [0.717, 1.165) is 12.8 Å². The van der Waals surface area contributed by atoms with E-state index in [2.05, 4.69) is 5.32 Å². The van der Waals surface area contributed by atoms with Gasteiger partial charge in [-0.1, -0.05) is 25.6 Å². The number of ether oxygens (including phenoxy) is 1. The maximum Gasteiger partial charge on any atom is 0.230 e. The van der Waals surface area contributed by atoms with Gasteiger partial charge in [0.05, 0.1) is 23.1 Å². The molecule has 0 bridgehead atoms. The van der Waals surface area contributed by atoms with Crippen molar-refractivity contribution < 1.29 is 9.53 Å². The maximum absolute atomic E-state index is 12.0. The molecule has 2 atom stereocenters. The summed E-state index contributed by atoms with van der Waals surface area (Å²) in [7, 11) is 0. The minimum atomic E-state index is -0.350. The minimum Gasteiger partial charge on any atom is -0.393 e. The highest BCUT2D eigenvalue weighted by molar-refractivity contribution is 7.80. The Balaban J connectivity index is 2.57. The third kappa shape index (κ3) is 3.42. The number of thiocarbonyl (C=S) groups is 1. The molecule has 1 saturated heterocycles. The highest BCUT2D eigenvalue weighted by Gasteiger charge is 2.33. The van der Waals surface area contributed by atoms with Crippen molar-refractivity contribution in [2.45, 2.75) is 38.6 Å². The molecular formula is C11H20N2O2S. The predicted molar refractivity (Wildman–Crippen MR) is 67.2 cm³/mol. The third-order valence-corrected chi connectivity index (χ3v) is 3.17. The Morgan fingerprint density at radius 3 is 2.81 bits per heavy atom. The molecule has 0 spiro atoms. The van der Waals surface area contributed by atoms with Gasteiger partial charge in [-0.25, -0.2) is 0 Å². The van der Waals surface area contributed by atoms with E-state index in [1.54, 1.807) is 0 Å². The van der Waals surface area contributed by atoms with Gasteiger partial charge in [0.25, 0.3) is 0 Å². The molecular weight excluding hydrogens is 224 g/mol. The lowest BCUT2D eigenvalue weighted by molar-refractivity contribution is -0.125. The van der Waals surface area contributed by atoms with Crippen LogP contribution in [-0.4, -0.2) is 29.6 Å². The second-order valence-electron chi connectivity index (χ2n) is 4.60. The summed E-state index contributed by atoms with van der Waals surface area (Å²) >= 11 is 4.92. The van der Waals surface area contributed by atoms with Gasteiger partial charge in [-0.3, -0.25) is 4.79 Å². The van der Waals surface area contributed by atoms with Gasteiger partial charge in [0.1, 0.15) is 0 Å². The lowest BCUT2D eigenvalue weighted by Gasteiger charge is -2.26. The first kappa shape index (κ1) is 13.4. The van der Waals surface area contributed by atoms with Crippen LogP contribution in [0.2, 0.25) is 0 Å². The minimum absolute atomic E-state index is 0.0673. The molecule has 4 nitrogen and oxygen atoms in total. The van der Waals surface area contributed by atoms with Crippen LogP contribution >= 0.6 is 12.2 Å². The van der Waals surface area contributed by atoms with Gasteiger partial charge < -0.3 is 15.8 Å². The van der Waals surface area contributed by atoms with E-state index in [1.807, 2.05) is 13.8 Å². The summed E-state index contributed by atoms with van der Waals surface area (Å²) in [5.74, 6) is -0.417. The first-order valence-electron chi connectivity index (χ1n) is 5.67.